The second-order valence-electron chi connectivity index (χ2n) is 4.37. The van der Waals surface area contributed by atoms with Gasteiger partial charge in [-0.1, -0.05) is 24.3 Å². The van der Waals surface area contributed by atoms with E-state index < -0.39 is 0 Å². The van der Waals surface area contributed by atoms with E-state index in [-0.39, 0.29) is 0 Å². The Morgan fingerprint density at radius 1 is 1.11 bits per heavy atom. The van der Waals surface area contributed by atoms with Gasteiger partial charge < -0.3 is 5.64 Å². The van der Waals surface area contributed by atoms with Crippen LogP contribution in [0.1, 0.15) is 5.56 Å². The molecule has 3 aromatic rings. The maximum atomic E-state index is 5.72. The van der Waals surface area contributed by atoms with Gasteiger partial charge in [-0.05, 0) is 29.2 Å². The Bertz CT molecular complexity index is 784. The van der Waals surface area contributed by atoms with Crippen molar-refractivity contribution >= 4 is 47.9 Å². The first-order chi connectivity index (χ1) is 9.33. The first kappa shape index (κ1) is 12.3. The summed E-state index contributed by atoms with van der Waals surface area (Å²) in [4.78, 5) is 0. The maximum absolute atomic E-state index is 5.72. The van der Waals surface area contributed by atoms with E-state index in [0.717, 1.165) is 16.5 Å². The fourth-order valence-corrected chi connectivity index (χ4v) is 2.56. The molecule has 0 unspecified atom stereocenters. The van der Waals surface area contributed by atoms with Gasteiger partial charge in [-0.2, -0.15) is 12.6 Å². The number of aromatic nitrogens is 1. The van der Waals surface area contributed by atoms with E-state index in [1.807, 2.05) is 28.9 Å². The normalized spacial score (nSPS) is 11.5. The number of hydrogen-bond donors (Lipinski definition) is 2. The lowest BCUT2D eigenvalue weighted by atomic mass is 10.0. The number of rotatable bonds is 2. The predicted molar refractivity (Wildman–Crippen MR) is 85.0 cm³/mol. The third-order valence-electron chi connectivity index (χ3n) is 3.25. The molecule has 3 rings (SSSR count). The monoisotopic (exact) mass is 264 g/mol. The van der Waals surface area contributed by atoms with Crippen LogP contribution in [0.5, 0.6) is 0 Å². The molecule has 1 radical (unpaired) electrons. The quantitative estimate of drug-likeness (QED) is 0.416. The summed E-state index contributed by atoms with van der Waals surface area (Å²) in [6, 6.07) is 14.6. The summed E-state index contributed by atoms with van der Waals surface area (Å²) >= 11 is 4.11. The summed E-state index contributed by atoms with van der Waals surface area (Å²) in [5.41, 5.74) is 7.95. The zero-order valence-corrected chi connectivity index (χ0v) is 11.2. The van der Waals surface area contributed by atoms with E-state index >= 15 is 0 Å². The highest BCUT2D eigenvalue weighted by Gasteiger charge is 2.13. The molecule has 1 aromatic heterocycles. The molecule has 0 aliphatic carbocycles. The van der Waals surface area contributed by atoms with Crippen LogP contribution in [0.3, 0.4) is 0 Å². The van der Waals surface area contributed by atoms with Gasteiger partial charge in [-0.25, -0.2) is 0 Å². The second-order valence-corrected chi connectivity index (χ2v) is 4.66. The summed E-state index contributed by atoms with van der Waals surface area (Å²) < 4.78 is 1.95. The molecule has 0 bridgehead atoms. The molecule has 2 N–H and O–H groups in total. The highest BCUT2D eigenvalue weighted by atomic mass is 32.1. The zero-order valence-electron chi connectivity index (χ0n) is 10.3. The van der Waals surface area contributed by atoms with Gasteiger partial charge in [0.15, 0.2) is 11.7 Å². The lowest BCUT2D eigenvalue weighted by Crippen LogP contribution is -2.45. The number of benzene rings is 2. The Labute approximate surface area is 118 Å². The topological polar surface area (TPSA) is 29.9 Å². The van der Waals surface area contributed by atoms with Gasteiger partial charge >= 0.3 is 7.55 Å². The fourth-order valence-electron chi connectivity index (χ4n) is 2.39. The Morgan fingerprint density at radius 3 is 2.74 bits per heavy atom. The minimum atomic E-state index is 1.11. The molecule has 0 spiro atoms. The van der Waals surface area contributed by atoms with Crippen molar-refractivity contribution < 1.29 is 4.48 Å². The number of thiol groups is 1. The Kier molecular flexibility index (Phi) is 3.28. The van der Waals surface area contributed by atoms with Gasteiger partial charge in [0, 0.05) is 16.8 Å². The van der Waals surface area contributed by atoms with Gasteiger partial charge in [0.05, 0.1) is 5.39 Å². The van der Waals surface area contributed by atoms with Gasteiger partial charge in [-0.15, -0.1) is 0 Å². The van der Waals surface area contributed by atoms with E-state index in [2.05, 4.69) is 43.0 Å². The van der Waals surface area contributed by atoms with E-state index in [4.69, 9.17) is 5.64 Å². The summed E-state index contributed by atoms with van der Waals surface area (Å²) in [7, 11) is 1.59. The average molecular weight is 264 g/mol. The van der Waals surface area contributed by atoms with Gasteiger partial charge in [0.25, 0.3) is 0 Å². The number of pyridine rings is 1. The van der Waals surface area contributed by atoms with Crippen LogP contribution < -0.4 is 10.1 Å². The number of nitrogens with two attached hydrogens (primary N) is 1. The lowest BCUT2D eigenvalue weighted by Gasteiger charge is -2.04. The summed E-state index contributed by atoms with van der Waals surface area (Å²) in [5, 5.41) is 5.32. The second kappa shape index (κ2) is 5.07. The third kappa shape index (κ3) is 2.13. The zero-order chi connectivity index (χ0) is 13.2. The minimum Gasteiger partial charge on any atom is -0.303 e. The SMILES string of the molecule is N[B][n+]1cc2cc(/C=C/S)ccc2c2ccccc21. The van der Waals surface area contributed by atoms with Crippen molar-refractivity contribution in [3.05, 3.63) is 59.6 Å². The molecule has 0 saturated heterocycles. The molecule has 0 aliphatic heterocycles. The van der Waals surface area contributed by atoms with Crippen LogP contribution in [0.2, 0.25) is 0 Å². The standard InChI is InChI=1S/C15H13BN2S/c17-16-18-10-12-9-11(7-8-19)5-6-13(12)14-3-1-2-4-15(14)18/h1-10,19H,17H2/q+1/b8-7+. The number of fused-ring (bicyclic) bond motifs is 3. The molecule has 1 heterocycles. The number of hydrogen-bond acceptors (Lipinski definition) is 2. The molecule has 0 atom stereocenters. The highest BCUT2D eigenvalue weighted by Crippen LogP contribution is 2.23. The highest BCUT2D eigenvalue weighted by molar-refractivity contribution is 7.83. The summed E-state index contributed by atoms with van der Waals surface area (Å²) in [6.07, 6.45) is 4.02. The molecule has 91 valence electrons. The fraction of sp³-hybridized carbons (Fsp3) is 0. The number of para-hydroxylation sites is 1. The first-order valence-electron chi connectivity index (χ1n) is 6.06. The van der Waals surface area contributed by atoms with Gasteiger partial charge in [0.1, 0.15) is 0 Å². The smallest absolute Gasteiger partial charge is 0.303 e. The summed E-state index contributed by atoms with van der Waals surface area (Å²) in [5.74, 6) is 0. The lowest BCUT2D eigenvalue weighted by molar-refractivity contribution is -0.498. The van der Waals surface area contributed by atoms with Crippen molar-refractivity contribution in [1.29, 1.82) is 0 Å². The third-order valence-corrected chi connectivity index (χ3v) is 3.40. The maximum Gasteiger partial charge on any atom is 0.648 e. The molecular weight excluding hydrogens is 251 g/mol. The largest absolute Gasteiger partial charge is 0.648 e. The molecule has 0 aliphatic rings. The van der Waals surface area contributed by atoms with Crippen molar-refractivity contribution in [3.8, 4) is 0 Å². The minimum absolute atomic E-state index is 1.11. The molecule has 4 heteroatoms. The van der Waals surface area contributed by atoms with E-state index in [1.54, 1.807) is 13.0 Å². The molecule has 2 aromatic carbocycles. The van der Waals surface area contributed by atoms with Crippen LogP contribution in [0.25, 0.3) is 27.8 Å². The van der Waals surface area contributed by atoms with E-state index in [9.17, 15) is 0 Å². The van der Waals surface area contributed by atoms with Crippen molar-refractivity contribution in [1.82, 2.24) is 0 Å². The predicted octanol–water partition coefficient (Wildman–Crippen LogP) is 2.52. The number of nitrogens with zero attached hydrogens (tertiary/aromatic N) is 1. The van der Waals surface area contributed by atoms with Crippen molar-refractivity contribution in [3.63, 3.8) is 0 Å². The van der Waals surface area contributed by atoms with Crippen molar-refractivity contribution in [2.75, 3.05) is 0 Å². The molecule has 19 heavy (non-hydrogen) atoms. The van der Waals surface area contributed by atoms with Crippen LogP contribution in [-0.4, -0.2) is 7.55 Å². The first-order valence-corrected chi connectivity index (χ1v) is 6.57. The van der Waals surface area contributed by atoms with Crippen LogP contribution in [0.15, 0.2) is 54.1 Å². The van der Waals surface area contributed by atoms with Gasteiger partial charge in [0.2, 0.25) is 0 Å². The Balaban J connectivity index is 2.41. The molecule has 0 saturated carbocycles. The average Bonchev–Trinajstić information content (AvgIpc) is 2.46. The summed E-state index contributed by atoms with van der Waals surface area (Å²) in [6.45, 7) is 0. The van der Waals surface area contributed by atoms with Crippen LogP contribution in [0, 0.1) is 0 Å². The molecule has 0 fully saturated rings. The molecular formula is C15H13BN2S+. The Morgan fingerprint density at radius 2 is 1.95 bits per heavy atom. The van der Waals surface area contributed by atoms with Crippen LogP contribution in [-0.2, 0) is 0 Å². The van der Waals surface area contributed by atoms with Crippen molar-refractivity contribution in [2.24, 2.45) is 5.64 Å². The Hall–Kier alpha value is -1.78. The van der Waals surface area contributed by atoms with E-state index in [0.29, 0.717) is 0 Å². The van der Waals surface area contributed by atoms with Crippen molar-refractivity contribution in [2.45, 2.75) is 0 Å². The van der Waals surface area contributed by atoms with Crippen LogP contribution >= 0.6 is 12.6 Å². The van der Waals surface area contributed by atoms with Crippen LogP contribution in [0.4, 0.5) is 0 Å². The molecule has 0 amide bonds. The van der Waals surface area contributed by atoms with E-state index in [1.165, 1.54) is 10.8 Å². The van der Waals surface area contributed by atoms with Gasteiger partial charge in [-0.3, -0.25) is 4.48 Å². The molecule has 2 nitrogen and oxygen atoms in total.